The van der Waals surface area contributed by atoms with Crippen molar-refractivity contribution in [2.45, 2.75) is 19.4 Å². The Kier molecular flexibility index (Phi) is 3.49. The van der Waals surface area contributed by atoms with Gasteiger partial charge < -0.3 is 15.2 Å². The van der Waals surface area contributed by atoms with Crippen molar-refractivity contribution in [3.8, 4) is 0 Å². The number of hydrogen-bond acceptors (Lipinski definition) is 4. The summed E-state index contributed by atoms with van der Waals surface area (Å²) in [5.74, 6) is -0.319. The van der Waals surface area contributed by atoms with Crippen LogP contribution in [-0.2, 0) is 14.3 Å². The van der Waals surface area contributed by atoms with Crippen molar-refractivity contribution in [3.63, 3.8) is 0 Å². The Morgan fingerprint density at radius 3 is 3.08 bits per heavy atom. The average molecular weight is 173 g/mol. The summed E-state index contributed by atoms with van der Waals surface area (Å²) >= 11 is 0. The monoisotopic (exact) mass is 173 g/mol. The van der Waals surface area contributed by atoms with E-state index in [-0.39, 0.29) is 18.0 Å². The molecule has 1 heterocycles. The van der Waals surface area contributed by atoms with Gasteiger partial charge >= 0.3 is 5.97 Å². The van der Waals surface area contributed by atoms with Crippen molar-refractivity contribution in [1.29, 1.82) is 0 Å². The van der Waals surface area contributed by atoms with Crippen molar-refractivity contribution in [3.05, 3.63) is 0 Å². The third-order valence-electron chi connectivity index (χ3n) is 2.03. The van der Waals surface area contributed by atoms with Gasteiger partial charge in [-0.15, -0.1) is 0 Å². The largest absolute Gasteiger partial charge is 0.466 e. The summed E-state index contributed by atoms with van der Waals surface area (Å²) in [5, 5.41) is 0. The highest BCUT2D eigenvalue weighted by atomic mass is 16.5. The Morgan fingerprint density at radius 2 is 2.50 bits per heavy atom. The van der Waals surface area contributed by atoms with Gasteiger partial charge in [0, 0.05) is 13.2 Å². The molecule has 1 aliphatic heterocycles. The van der Waals surface area contributed by atoms with Crippen molar-refractivity contribution in [1.82, 2.24) is 0 Å². The normalized spacial score (nSPS) is 28.8. The minimum absolute atomic E-state index is 0.135. The van der Waals surface area contributed by atoms with Gasteiger partial charge in [-0.25, -0.2) is 0 Å². The molecule has 0 bridgehead atoms. The Hall–Kier alpha value is -0.610. The minimum Gasteiger partial charge on any atom is -0.466 e. The molecule has 2 N–H and O–H groups in total. The summed E-state index contributed by atoms with van der Waals surface area (Å²) < 4.78 is 10.1. The first-order valence-corrected chi connectivity index (χ1v) is 4.28. The van der Waals surface area contributed by atoms with Crippen LogP contribution in [0.25, 0.3) is 0 Å². The fourth-order valence-corrected chi connectivity index (χ4v) is 1.40. The van der Waals surface area contributed by atoms with E-state index in [0.717, 1.165) is 6.42 Å². The second-order valence-electron chi connectivity index (χ2n) is 2.79. The molecule has 4 heteroatoms. The van der Waals surface area contributed by atoms with Crippen LogP contribution in [0.4, 0.5) is 0 Å². The standard InChI is InChI=1S/C8H15NO3/c1-2-11-8(10)6-3-4-12-7(6)5-9/h6-7H,2-5,9H2,1H3/t6-,7-/m0/s1. The topological polar surface area (TPSA) is 61.5 Å². The maximum atomic E-state index is 11.3. The van der Waals surface area contributed by atoms with Gasteiger partial charge in [-0.1, -0.05) is 0 Å². The first-order chi connectivity index (χ1) is 5.79. The molecule has 70 valence electrons. The van der Waals surface area contributed by atoms with Crippen LogP contribution in [0.5, 0.6) is 0 Å². The van der Waals surface area contributed by atoms with Crippen LogP contribution in [0.1, 0.15) is 13.3 Å². The van der Waals surface area contributed by atoms with Crippen LogP contribution >= 0.6 is 0 Å². The average Bonchev–Trinajstić information content (AvgIpc) is 2.51. The molecule has 0 spiro atoms. The van der Waals surface area contributed by atoms with Crippen LogP contribution in [0, 0.1) is 5.92 Å². The Labute approximate surface area is 72.0 Å². The molecule has 1 saturated heterocycles. The fourth-order valence-electron chi connectivity index (χ4n) is 1.40. The molecule has 0 amide bonds. The number of rotatable bonds is 3. The molecule has 1 fully saturated rings. The molecule has 4 nitrogen and oxygen atoms in total. The molecule has 0 radical (unpaired) electrons. The lowest BCUT2D eigenvalue weighted by Gasteiger charge is -2.14. The van der Waals surface area contributed by atoms with Gasteiger partial charge in [0.05, 0.1) is 18.6 Å². The molecule has 0 aromatic rings. The summed E-state index contributed by atoms with van der Waals surface area (Å²) in [6.45, 7) is 3.23. The molecule has 0 aromatic heterocycles. The number of hydrogen-bond donors (Lipinski definition) is 1. The molecular weight excluding hydrogens is 158 g/mol. The maximum Gasteiger partial charge on any atom is 0.311 e. The number of carbonyl (C=O) groups is 1. The molecule has 0 saturated carbocycles. The van der Waals surface area contributed by atoms with Crippen LogP contribution < -0.4 is 5.73 Å². The predicted molar refractivity (Wildman–Crippen MR) is 43.5 cm³/mol. The zero-order chi connectivity index (χ0) is 8.97. The van der Waals surface area contributed by atoms with Crippen LogP contribution in [0.15, 0.2) is 0 Å². The van der Waals surface area contributed by atoms with Gasteiger partial charge in [0.25, 0.3) is 0 Å². The van der Waals surface area contributed by atoms with E-state index < -0.39 is 0 Å². The second kappa shape index (κ2) is 4.42. The summed E-state index contributed by atoms with van der Waals surface area (Å²) in [4.78, 5) is 11.3. The molecule has 1 aliphatic rings. The summed E-state index contributed by atoms with van der Waals surface area (Å²) in [5.41, 5.74) is 5.43. The van der Waals surface area contributed by atoms with Crippen molar-refractivity contribution in [2.75, 3.05) is 19.8 Å². The van der Waals surface area contributed by atoms with E-state index in [1.54, 1.807) is 6.92 Å². The third-order valence-corrected chi connectivity index (χ3v) is 2.03. The van der Waals surface area contributed by atoms with Crippen LogP contribution in [0.3, 0.4) is 0 Å². The zero-order valence-corrected chi connectivity index (χ0v) is 7.29. The quantitative estimate of drug-likeness (QED) is 0.606. The van der Waals surface area contributed by atoms with Crippen molar-refractivity contribution < 1.29 is 14.3 Å². The van der Waals surface area contributed by atoms with Gasteiger partial charge in [-0.05, 0) is 13.3 Å². The van der Waals surface area contributed by atoms with E-state index in [0.29, 0.717) is 19.8 Å². The highest BCUT2D eigenvalue weighted by Gasteiger charge is 2.33. The van der Waals surface area contributed by atoms with Gasteiger partial charge in [-0.2, -0.15) is 0 Å². The molecule has 2 atom stereocenters. The van der Waals surface area contributed by atoms with E-state index in [4.69, 9.17) is 15.2 Å². The fraction of sp³-hybridized carbons (Fsp3) is 0.875. The summed E-state index contributed by atoms with van der Waals surface area (Å²) in [7, 11) is 0. The van der Waals surface area contributed by atoms with Crippen LogP contribution in [-0.4, -0.2) is 31.8 Å². The number of nitrogens with two attached hydrogens (primary N) is 1. The lowest BCUT2D eigenvalue weighted by Crippen LogP contribution is -2.32. The lowest BCUT2D eigenvalue weighted by molar-refractivity contribution is -0.149. The van der Waals surface area contributed by atoms with Gasteiger partial charge in [-0.3, -0.25) is 4.79 Å². The first kappa shape index (κ1) is 9.48. The molecule has 12 heavy (non-hydrogen) atoms. The first-order valence-electron chi connectivity index (χ1n) is 4.28. The number of esters is 1. The second-order valence-corrected chi connectivity index (χ2v) is 2.79. The van der Waals surface area contributed by atoms with E-state index in [1.807, 2.05) is 0 Å². The smallest absolute Gasteiger partial charge is 0.311 e. The molecule has 0 unspecified atom stereocenters. The SMILES string of the molecule is CCOC(=O)[C@H]1CCO[C@H]1CN. The molecular formula is C8H15NO3. The van der Waals surface area contributed by atoms with Gasteiger partial charge in [0.15, 0.2) is 0 Å². The number of carbonyl (C=O) groups excluding carboxylic acids is 1. The summed E-state index contributed by atoms with van der Waals surface area (Å²) in [6, 6.07) is 0. The summed E-state index contributed by atoms with van der Waals surface area (Å²) in [6.07, 6.45) is 0.602. The Morgan fingerprint density at radius 1 is 1.75 bits per heavy atom. The van der Waals surface area contributed by atoms with Crippen molar-refractivity contribution in [2.24, 2.45) is 11.7 Å². The number of ether oxygens (including phenoxy) is 2. The zero-order valence-electron chi connectivity index (χ0n) is 7.29. The lowest BCUT2D eigenvalue weighted by atomic mass is 10.0. The molecule has 1 rings (SSSR count). The predicted octanol–water partition coefficient (Wildman–Crippen LogP) is -0.0867. The van der Waals surface area contributed by atoms with Crippen LogP contribution in [0.2, 0.25) is 0 Å². The Bertz CT molecular complexity index is 160. The van der Waals surface area contributed by atoms with E-state index >= 15 is 0 Å². The maximum absolute atomic E-state index is 11.3. The van der Waals surface area contributed by atoms with E-state index in [2.05, 4.69) is 0 Å². The molecule has 0 aromatic carbocycles. The van der Waals surface area contributed by atoms with Crippen molar-refractivity contribution >= 4 is 5.97 Å². The highest BCUT2D eigenvalue weighted by Crippen LogP contribution is 2.21. The molecule has 0 aliphatic carbocycles. The Balaban J connectivity index is 2.43. The van der Waals surface area contributed by atoms with E-state index in [1.165, 1.54) is 0 Å². The van der Waals surface area contributed by atoms with E-state index in [9.17, 15) is 4.79 Å². The minimum atomic E-state index is -0.176. The third kappa shape index (κ3) is 1.95. The highest BCUT2D eigenvalue weighted by molar-refractivity contribution is 5.73. The van der Waals surface area contributed by atoms with Gasteiger partial charge in [0.1, 0.15) is 0 Å². The van der Waals surface area contributed by atoms with Gasteiger partial charge in [0.2, 0.25) is 0 Å².